The normalized spacial score (nSPS) is 13.1. The SMILES string of the molecule is O=C(Cc1coc(-c2ccccc2)n1)Nc1cc2c(cc1Cl)OCCCO2. The minimum absolute atomic E-state index is 0.0705. The molecule has 0 radical (unpaired) electrons. The van der Waals surface area contributed by atoms with Crippen molar-refractivity contribution < 1.29 is 18.7 Å². The molecular formula is C20H17ClN2O4. The standard InChI is InChI=1S/C20H17ClN2O4/c21-15-10-17-18(26-8-4-7-25-17)11-16(15)23-19(24)9-14-12-27-20(22-14)13-5-2-1-3-6-13/h1-3,5-6,10-12H,4,7-9H2,(H,23,24). The van der Waals surface area contributed by atoms with E-state index in [9.17, 15) is 4.79 Å². The number of aromatic nitrogens is 1. The van der Waals surface area contributed by atoms with Gasteiger partial charge in [0.1, 0.15) is 6.26 Å². The van der Waals surface area contributed by atoms with Crippen LogP contribution in [0.4, 0.5) is 5.69 Å². The maximum atomic E-state index is 12.4. The van der Waals surface area contributed by atoms with Crippen molar-refractivity contribution in [3.8, 4) is 23.0 Å². The number of benzene rings is 2. The Kier molecular flexibility index (Phi) is 4.98. The average molecular weight is 385 g/mol. The Balaban J connectivity index is 1.46. The molecule has 1 aliphatic rings. The Labute approximate surface area is 161 Å². The molecule has 2 aromatic carbocycles. The fraction of sp³-hybridized carbons (Fsp3) is 0.200. The Bertz CT molecular complexity index is 956. The maximum absolute atomic E-state index is 12.4. The van der Waals surface area contributed by atoms with Crippen molar-refractivity contribution in [3.63, 3.8) is 0 Å². The van der Waals surface area contributed by atoms with Gasteiger partial charge in [-0.2, -0.15) is 0 Å². The molecule has 6 nitrogen and oxygen atoms in total. The number of anilines is 1. The first-order valence-electron chi connectivity index (χ1n) is 8.58. The fourth-order valence-electron chi connectivity index (χ4n) is 2.74. The van der Waals surface area contributed by atoms with Gasteiger partial charge in [-0.3, -0.25) is 4.79 Å². The summed E-state index contributed by atoms with van der Waals surface area (Å²) in [6.07, 6.45) is 2.35. The van der Waals surface area contributed by atoms with Gasteiger partial charge in [0.2, 0.25) is 11.8 Å². The van der Waals surface area contributed by atoms with Gasteiger partial charge in [-0.15, -0.1) is 0 Å². The lowest BCUT2D eigenvalue weighted by molar-refractivity contribution is -0.115. The van der Waals surface area contributed by atoms with E-state index in [4.69, 9.17) is 25.5 Å². The molecule has 0 fully saturated rings. The number of rotatable bonds is 4. The summed E-state index contributed by atoms with van der Waals surface area (Å²) in [7, 11) is 0. The summed E-state index contributed by atoms with van der Waals surface area (Å²) in [6.45, 7) is 1.13. The second-order valence-electron chi connectivity index (χ2n) is 6.06. The van der Waals surface area contributed by atoms with E-state index in [-0.39, 0.29) is 12.3 Å². The Morgan fingerprint density at radius 3 is 2.63 bits per heavy atom. The zero-order chi connectivity index (χ0) is 18.6. The third-order valence-corrected chi connectivity index (χ3v) is 4.34. The van der Waals surface area contributed by atoms with E-state index in [0.29, 0.717) is 47.0 Å². The summed E-state index contributed by atoms with van der Waals surface area (Å²) in [5.74, 6) is 1.38. The van der Waals surface area contributed by atoms with Crippen LogP contribution in [0.5, 0.6) is 11.5 Å². The van der Waals surface area contributed by atoms with E-state index in [1.54, 1.807) is 12.1 Å². The number of carbonyl (C=O) groups excluding carboxylic acids is 1. The molecule has 3 aromatic rings. The molecule has 0 atom stereocenters. The van der Waals surface area contributed by atoms with E-state index in [1.807, 2.05) is 30.3 Å². The summed E-state index contributed by atoms with van der Waals surface area (Å²) in [6, 6.07) is 12.8. The van der Waals surface area contributed by atoms with E-state index >= 15 is 0 Å². The van der Waals surface area contributed by atoms with Gasteiger partial charge < -0.3 is 19.2 Å². The molecule has 0 aliphatic carbocycles. The largest absolute Gasteiger partial charge is 0.490 e. The van der Waals surface area contributed by atoms with Gasteiger partial charge in [0.25, 0.3) is 0 Å². The van der Waals surface area contributed by atoms with Crippen molar-refractivity contribution in [2.24, 2.45) is 0 Å². The van der Waals surface area contributed by atoms with Crippen LogP contribution in [-0.2, 0) is 11.2 Å². The molecular weight excluding hydrogens is 368 g/mol. The predicted molar refractivity (Wildman–Crippen MR) is 101 cm³/mol. The number of amides is 1. The lowest BCUT2D eigenvalue weighted by atomic mass is 10.2. The Morgan fingerprint density at radius 1 is 1.11 bits per heavy atom. The Hall–Kier alpha value is -2.99. The van der Waals surface area contributed by atoms with Crippen LogP contribution >= 0.6 is 11.6 Å². The van der Waals surface area contributed by atoms with Crippen molar-refractivity contribution in [1.82, 2.24) is 4.98 Å². The smallest absolute Gasteiger partial charge is 0.230 e. The molecule has 138 valence electrons. The molecule has 27 heavy (non-hydrogen) atoms. The van der Waals surface area contributed by atoms with E-state index in [2.05, 4.69) is 10.3 Å². The van der Waals surface area contributed by atoms with Crippen molar-refractivity contribution >= 4 is 23.2 Å². The van der Waals surface area contributed by atoms with Gasteiger partial charge in [-0.1, -0.05) is 29.8 Å². The maximum Gasteiger partial charge on any atom is 0.230 e. The molecule has 1 aliphatic heterocycles. The topological polar surface area (TPSA) is 73.6 Å². The summed E-state index contributed by atoms with van der Waals surface area (Å²) in [5.41, 5.74) is 1.87. The van der Waals surface area contributed by atoms with Crippen LogP contribution in [0, 0.1) is 0 Å². The molecule has 0 saturated heterocycles. The van der Waals surface area contributed by atoms with Gasteiger partial charge in [0.15, 0.2) is 11.5 Å². The number of oxazole rings is 1. The molecule has 1 amide bonds. The monoisotopic (exact) mass is 384 g/mol. The Morgan fingerprint density at radius 2 is 1.85 bits per heavy atom. The minimum atomic E-state index is -0.251. The second-order valence-corrected chi connectivity index (χ2v) is 6.47. The number of halogens is 1. The molecule has 1 N–H and O–H groups in total. The van der Waals surface area contributed by atoms with Gasteiger partial charge >= 0.3 is 0 Å². The number of nitrogens with zero attached hydrogens (tertiary/aromatic N) is 1. The molecule has 0 spiro atoms. The van der Waals surface area contributed by atoms with Gasteiger partial charge in [0, 0.05) is 24.1 Å². The number of ether oxygens (including phenoxy) is 2. The molecule has 0 unspecified atom stereocenters. The minimum Gasteiger partial charge on any atom is -0.490 e. The fourth-order valence-corrected chi connectivity index (χ4v) is 2.94. The lowest BCUT2D eigenvalue weighted by Crippen LogP contribution is -2.15. The molecule has 1 aromatic heterocycles. The zero-order valence-corrected chi connectivity index (χ0v) is 15.2. The van der Waals surface area contributed by atoms with Crippen LogP contribution in [0.2, 0.25) is 5.02 Å². The highest BCUT2D eigenvalue weighted by atomic mass is 35.5. The highest BCUT2D eigenvalue weighted by Crippen LogP contribution is 2.37. The molecule has 0 saturated carbocycles. The van der Waals surface area contributed by atoms with Crippen molar-refractivity contribution in [3.05, 3.63) is 59.4 Å². The van der Waals surface area contributed by atoms with Crippen LogP contribution in [0.15, 0.2) is 53.1 Å². The summed E-state index contributed by atoms with van der Waals surface area (Å²) in [4.78, 5) is 16.8. The number of hydrogen-bond acceptors (Lipinski definition) is 5. The number of hydrogen-bond donors (Lipinski definition) is 1. The molecule has 0 bridgehead atoms. The predicted octanol–water partition coefficient (Wildman–Crippen LogP) is 4.34. The highest BCUT2D eigenvalue weighted by molar-refractivity contribution is 6.34. The van der Waals surface area contributed by atoms with E-state index in [0.717, 1.165) is 12.0 Å². The van der Waals surface area contributed by atoms with Gasteiger partial charge in [-0.05, 0) is 12.1 Å². The number of fused-ring (bicyclic) bond motifs is 1. The van der Waals surface area contributed by atoms with Gasteiger partial charge in [0.05, 0.1) is 36.0 Å². The first-order chi connectivity index (χ1) is 13.2. The summed E-state index contributed by atoms with van der Waals surface area (Å²) >= 11 is 6.26. The highest BCUT2D eigenvalue weighted by Gasteiger charge is 2.17. The van der Waals surface area contributed by atoms with Gasteiger partial charge in [-0.25, -0.2) is 4.98 Å². The van der Waals surface area contributed by atoms with Crippen LogP contribution in [-0.4, -0.2) is 24.1 Å². The van der Waals surface area contributed by atoms with Crippen molar-refractivity contribution in [1.29, 1.82) is 0 Å². The first-order valence-corrected chi connectivity index (χ1v) is 8.95. The molecule has 4 rings (SSSR count). The second kappa shape index (κ2) is 7.72. The number of nitrogens with one attached hydrogen (secondary N) is 1. The quantitative estimate of drug-likeness (QED) is 0.724. The van der Waals surface area contributed by atoms with Crippen LogP contribution in [0.3, 0.4) is 0 Å². The van der Waals surface area contributed by atoms with E-state index in [1.165, 1.54) is 6.26 Å². The van der Waals surface area contributed by atoms with E-state index < -0.39 is 0 Å². The molecule has 2 heterocycles. The zero-order valence-electron chi connectivity index (χ0n) is 14.4. The van der Waals surface area contributed by atoms with Crippen LogP contribution in [0.25, 0.3) is 11.5 Å². The van der Waals surface area contributed by atoms with Crippen LogP contribution < -0.4 is 14.8 Å². The lowest BCUT2D eigenvalue weighted by Gasteiger charge is -2.12. The molecule has 7 heteroatoms. The van der Waals surface area contributed by atoms with Crippen molar-refractivity contribution in [2.75, 3.05) is 18.5 Å². The average Bonchev–Trinajstić information content (AvgIpc) is 3.01. The first kappa shape index (κ1) is 17.4. The number of carbonyl (C=O) groups is 1. The summed E-state index contributed by atoms with van der Waals surface area (Å²) < 4.78 is 16.7. The van der Waals surface area contributed by atoms with Crippen LogP contribution in [0.1, 0.15) is 12.1 Å². The third kappa shape index (κ3) is 4.06. The summed E-state index contributed by atoms with van der Waals surface area (Å²) in [5, 5.41) is 3.18. The van der Waals surface area contributed by atoms with Crippen molar-refractivity contribution in [2.45, 2.75) is 12.8 Å². The third-order valence-electron chi connectivity index (χ3n) is 4.03.